The van der Waals surface area contributed by atoms with Crippen molar-refractivity contribution in [3.8, 4) is 0 Å². The van der Waals surface area contributed by atoms with Crippen LogP contribution in [0, 0.1) is 0 Å². The smallest absolute Gasteiger partial charge is 0.0467 e. The SMILES string of the molecule is Nc1cc(Br)ccc1Sc1cccc(Cl)c1. The third-order valence-electron chi connectivity index (χ3n) is 2.00. The van der Waals surface area contributed by atoms with Crippen LogP contribution in [0.3, 0.4) is 0 Å². The molecule has 2 aromatic carbocycles. The van der Waals surface area contributed by atoms with Gasteiger partial charge in [-0.2, -0.15) is 0 Å². The normalized spacial score (nSPS) is 10.4. The molecule has 0 aliphatic heterocycles. The van der Waals surface area contributed by atoms with Gasteiger partial charge in [-0.25, -0.2) is 0 Å². The molecule has 2 N–H and O–H groups in total. The third kappa shape index (κ3) is 2.94. The van der Waals surface area contributed by atoms with Crippen LogP contribution >= 0.6 is 39.3 Å². The van der Waals surface area contributed by atoms with E-state index >= 15 is 0 Å². The fourth-order valence-corrected chi connectivity index (χ4v) is 2.80. The summed E-state index contributed by atoms with van der Waals surface area (Å²) < 4.78 is 0.987. The maximum Gasteiger partial charge on any atom is 0.0467 e. The zero-order valence-electron chi connectivity index (χ0n) is 8.28. The second kappa shape index (κ2) is 5.13. The molecule has 0 aliphatic carbocycles. The first-order chi connectivity index (χ1) is 7.65. The Labute approximate surface area is 112 Å². The van der Waals surface area contributed by atoms with Gasteiger partial charge >= 0.3 is 0 Å². The van der Waals surface area contributed by atoms with Crippen LogP contribution in [-0.2, 0) is 0 Å². The first-order valence-electron chi connectivity index (χ1n) is 4.63. The first-order valence-corrected chi connectivity index (χ1v) is 6.62. The summed E-state index contributed by atoms with van der Waals surface area (Å²) in [6.45, 7) is 0. The molecule has 0 saturated heterocycles. The van der Waals surface area contributed by atoms with Crippen molar-refractivity contribution >= 4 is 45.0 Å². The number of halogens is 2. The van der Waals surface area contributed by atoms with E-state index in [0.717, 1.165) is 25.0 Å². The van der Waals surface area contributed by atoms with Gasteiger partial charge in [-0.15, -0.1) is 0 Å². The van der Waals surface area contributed by atoms with E-state index in [9.17, 15) is 0 Å². The summed E-state index contributed by atoms with van der Waals surface area (Å²) in [6, 6.07) is 13.6. The second-order valence-corrected chi connectivity index (χ2v) is 5.71. The first kappa shape index (κ1) is 11.8. The molecule has 0 atom stereocenters. The number of hydrogen-bond acceptors (Lipinski definition) is 2. The Hall–Kier alpha value is -0.640. The third-order valence-corrected chi connectivity index (χ3v) is 3.81. The lowest BCUT2D eigenvalue weighted by Gasteiger charge is -2.05. The molecule has 0 fully saturated rings. The van der Waals surface area contributed by atoms with Gasteiger partial charge in [0.25, 0.3) is 0 Å². The van der Waals surface area contributed by atoms with Crippen molar-refractivity contribution < 1.29 is 0 Å². The lowest BCUT2D eigenvalue weighted by molar-refractivity contribution is 1.40. The molecule has 16 heavy (non-hydrogen) atoms. The zero-order chi connectivity index (χ0) is 11.5. The minimum atomic E-state index is 0.737. The predicted octanol–water partition coefficient (Wildman–Crippen LogP) is 4.84. The van der Waals surface area contributed by atoms with E-state index in [1.807, 2.05) is 42.5 Å². The molecule has 0 heterocycles. The van der Waals surface area contributed by atoms with E-state index in [1.165, 1.54) is 0 Å². The molecule has 1 nitrogen and oxygen atoms in total. The van der Waals surface area contributed by atoms with Gasteiger partial charge in [0.15, 0.2) is 0 Å². The van der Waals surface area contributed by atoms with Crippen LogP contribution in [0.15, 0.2) is 56.7 Å². The molecule has 2 rings (SSSR count). The maximum atomic E-state index is 5.92. The largest absolute Gasteiger partial charge is 0.398 e. The Kier molecular flexibility index (Phi) is 3.79. The predicted molar refractivity (Wildman–Crippen MR) is 74.1 cm³/mol. The highest BCUT2D eigenvalue weighted by atomic mass is 79.9. The maximum absolute atomic E-state index is 5.92. The standard InChI is InChI=1S/C12H9BrClNS/c13-8-4-5-12(11(15)6-8)16-10-3-1-2-9(14)7-10/h1-7H,15H2. The quantitative estimate of drug-likeness (QED) is 0.803. The molecule has 0 radical (unpaired) electrons. The van der Waals surface area contributed by atoms with Crippen molar-refractivity contribution in [3.05, 3.63) is 52.0 Å². The van der Waals surface area contributed by atoms with Crippen LogP contribution in [0.4, 0.5) is 5.69 Å². The summed E-state index contributed by atoms with van der Waals surface area (Å²) in [7, 11) is 0. The van der Waals surface area contributed by atoms with Gasteiger partial charge in [-0.3, -0.25) is 0 Å². The Balaban J connectivity index is 2.27. The van der Waals surface area contributed by atoms with Crippen molar-refractivity contribution in [2.24, 2.45) is 0 Å². The highest BCUT2D eigenvalue weighted by molar-refractivity contribution is 9.10. The fraction of sp³-hybridized carbons (Fsp3) is 0. The minimum Gasteiger partial charge on any atom is -0.398 e. The van der Waals surface area contributed by atoms with Gasteiger partial charge in [-0.05, 0) is 36.4 Å². The summed E-state index contributed by atoms with van der Waals surface area (Å²) >= 11 is 10.9. The molecule has 0 aromatic heterocycles. The number of anilines is 1. The Morgan fingerprint density at radius 3 is 2.62 bits per heavy atom. The summed E-state index contributed by atoms with van der Waals surface area (Å²) in [5.74, 6) is 0. The van der Waals surface area contributed by atoms with Crippen LogP contribution < -0.4 is 5.73 Å². The molecule has 2 aromatic rings. The van der Waals surface area contributed by atoms with Gasteiger partial charge in [-0.1, -0.05) is 45.4 Å². The molecule has 0 aliphatic rings. The number of rotatable bonds is 2. The van der Waals surface area contributed by atoms with Crippen LogP contribution in [0.25, 0.3) is 0 Å². The lowest BCUT2D eigenvalue weighted by atomic mass is 10.3. The highest BCUT2D eigenvalue weighted by Crippen LogP contribution is 2.34. The van der Waals surface area contributed by atoms with Crippen LogP contribution in [0.1, 0.15) is 0 Å². The molecule has 0 amide bonds. The molecular weight excluding hydrogens is 306 g/mol. The monoisotopic (exact) mass is 313 g/mol. The van der Waals surface area contributed by atoms with Crippen LogP contribution in [0.5, 0.6) is 0 Å². The van der Waals surface area contributed by atoms with Crippen LogP contribution in [0.2, 0.25) is 5.02 Å². The number of nitrogens with two attached hydrogens (primary N) is 1. The second-order valence-electron chi connectivity index (χ2n) is 3.24. The van der Waals surface area contributed by atoms with E-state index in [4.69, 9.17) is 17.3 Å². The van der Waals surface area contributed by atoms with E-state index in [0.29, 0.717) is 0 Å². The minimum absolute atomic E-state index is 0.737. The average molecular weight is 315 g/mol. The summed E-state index contributed by atoms with van der Waals surface area (Å²) in [5.41, 5.74) is 6.69. The summed E-state index contributed by atoms with van der Waals surface area (Å²) in [6.07, 6.45) is 0. The Morgan fingerprint density at radius 1 is 1.12 bits per heavy atom. The average Bonchev–Trinajstić information content (AvgIpc) is 2.22. The number of nitrogen functional groups attached to an aromatic ring is 1. The molecule has 0 unspecified atom stereocenters. The molecule has 82 valence electrons. The van der Waals surface area contributed by atoms with Crippen molar-refractivity contribution in [3.63, 3.8) is 0 Å². The van der Waals surface area contributed by atoms with Gasteiger partial charge in [0.05, 0.1) is 0 Å². The van der Waals surface area contributed by atoms with E-state index in [-0.39, 0.29) is 0 Å². The highest BCUT2D eigenvalue weighted by Gasteiger charge is 2.02. The van der Waals surface area contributed by atoms with Gasteiger partial charge in [0, 0.05) is 25.0 Å². The van der Waals surface area contributed by atoms with Crippen molar-refractivity contribution in [2.75, 3.05) is 5.73 Å². The fourth-order valence-electron chi connectivity index (χ4n) is 1.27. The van der Waals surface area contributed by atoms with Gasteiger partial charge < -0.3 is 5.73 Å². The van der Waals surface area contributed by atoms with Crippen molar-refractivity contribution in [1.82, 2.24) is 0 Å². The zero-order valence-corrected chi connectivity index (χ0v) is 11.4. The van der Waals surface area contributed by atoms with Crippen molar-refractivity contribution in [1.29, 1.82) is 0 Å². The molecule has 0 saturated carbocycles. The van der Waals surface area contributed by atoms with E-state index < -0.39 is 0 Å². The van der Waals surface area contributed by atoms with Crippen molar-refractivity contribution in [2.45, 2.75) is 9.79 Å². The Morgan fingerprint density at radius 2 is 1.94 bits per heavy atom. The molecule has 0 bridgehead atoms. The number of benzene rings is 2. The molecular formula is C12H9BrClNS. The molecule has 0 spiro atoms. The topological polar surface area (TPSA) is 26.0 Å². The Bertz CT molecular complexity index is 516. The van der Waals surface area contributed by atoms with E-state index in [1.54, 1.807) is 11.8 Å². The summed E-state index contributed by atoms with van der Waals surface area (Å²) in [4.78, 5) is 2.12. The van der Waals surface area contributed by atoms with Gasteiger partial charge in [0.1, 0.15) is 0 Å². The van der Waals surface area contributed by atoms with Crippen LogP contribution in [-0.4, -0.2) is 0 Å². The van der Waals surface area contributed by atoms with Gasteiger partial charge in [0.2, 0.25) is 0 Å². The summed E-state index contributed by atoms with van der Waals surface area (Å²) in [5, 5.41) is 0.737. The van der Waals surface area contributed by atoms with E-state index in [2.05, 4.69) is 15.9 Å². The molecule has 4 heteroatoms. The number of hydrogen-bond donors (Lipinski definition) is 1. The lowest BCUT2D eigenvalue weighted by Crippen LogP contribution is -1.87.